The second kappa shape index (κ2) is 6.21. The van der Waals surface area contributed by atoms with Crippen LogP contribution in [0.5, 0.6) is 0 Å². The van der Waals surface area contributed by atoms with Gasteiger partial charge in [-0.2, -0.15) is 5.10 Å². The van der Waals surface area contributed by atoms with Gasteiger partial charge in [0.05, 0.1) is 21.9 Å². The minimum absolute atomic E-state index is 0.0947. The van der Waals surface area contributed by atoms with Crippen molar-refractivity contribution in [3.8, 4) is 0 Å². The Balaban J connectivity index is 2.26. The number of halogens is 2. The van der Waals surface area contributed by atoms with Gasteiger partial charge in [-0.25, -0.2) is 5.43 Å². The van der Waals surface area contributed by atoms with E-state index in [1.54, 1.807) is 0 Å². The van der Waals surface area contributed by atoms with Crippen molar-refractivity contribution in [2.24, 2.45) is 12.9 Å². The third kappa shape index (κ3) is 3.10. The Morgan fingerprint density at radius 3 is 2.68 bits per heavy atom. The van der Waals surface area contributed by atoms with E-state index in [9.17, 15) is 0 Å². The Labute approximate surface area is 128 Å². The first-order valence-electron chi connectivity index (χ1n) is 5.98. The lowest BCUT2D eigenvalue weighted by Gasteiger charge is -2.13. The third-order valence-electron chi connectivity index (χ3n) is 3.04. The van der Waals surface area contributed by atoms with Crippen LogP contribution in [0.4, 0.5) is 0 Å². The van der Waals surface area contributed by atoms with Crippen molar-refractivity contribution in [1.82, 2.24) is 15.2 Å². The van der Waals surface area contributed by atoms with Crippen molar-refractivity contribution in [2.45, 2.75) is 25.8 Å². The summed E-state index contributed by atoms with van der Waals surface area (Å²) in [6.45, 7) is 2.08. The molecular weight excluding hydrogens is 376 g/mol. The number of aryl methyl sites for hydroxylation is 2. The number of nitrogens with two attached hydrogens (primary N) is 1. The molecule has 1 atom stereocenters. The molecule has 2 heterocycles. The molecule has 0 spiro atoms. The topological polar surface area (TPSA) is 69.0 Å². The predicted octanol–water partition coefficient (Wildman–Crippen LogP) is 2.85. The van der Waals surface area contributed by atoms with Crippen LogP contribution in [0.25, 0.3) is 0 Å². The number of hydrogen-bond donors (Lipinski definition) is 2. The number of aromatic nitrogens is 2. The van der Waals surface area contributed by atoms with Crippen LogP contribution in [-0.4, -0.2) is 9.78 Å². The van der Waals surface area contributed by atoms with E-state index in [-0.39, 0.29) is 6.04 Å². The second-order valence-corrected chi connectivity index (χ2v) is 5.82. The van der Waals surface area contributed by atoms with Gasteiger partial charge in [0.1, 0.15) is 5.76 Å². The summed E-state index contributed by atoms with van der Waals surface area (Å²) in [5.74, 6) is 6.42. The largest absolute Gasteiger partial charge is 0.453 e. The average molecular weight is 392 g/mol. The van der Waals surface area contributed by atoms with Gasteiger partial charge in [0, 0.05) is 13.5 Å². The summed E-state index contributed by atoms with van der Waals surface area (Å²) in [5, 5.41) is 4.48. The number of rotatable bonds is 5. The average Bonchev–Trinajstić information content (AvgIpc) is 2.92. The molecule has 2 aromatic rings. The molecule has 0 aliphatic rings. The molecule has 0 aliphatic carbocycles. The van der Waals surface area contributed by atoms with Gasteiger partial charge < -0.3 is 4.42 Å². The van der Waals surface area contributed by atoms with Gasteiger partial charge in [0.25, 0.3) is 0 Å². The van der Waals surface area contributed by atoms with Gasteiger partial charge in [0.2, 0.25) is 0 Å². The first kappa shape index (κ1) is 14.8. The van der Waals surface area contributed by atoms with E-state index in [0.717, 1.165) is 28.0 Å². The zero-order valence-corrected chi connectivity index (χ0v) is 14.0. The van der Waals surface area contributed by atoms with E-state index in [1.807, 2.05) is 23.9 Å². The Morgan fingerprint density at radius 1 is 1.47 bits per heavy atom. The number of nitrogens with one attached hydrogen (secondary N) is 1. The van der Waals surface area contributed by atoms with E-state index in [4.69, 9.17) is 10.3 Å². The van der Waals surface area contributed by atoms with E-state index in [2.05, 4.69) is 49.3 Å². The number of nitrogens with zero attached hydrogens (tertiary/aromatic N) is 2. The molecule has 0 aromatic carbocycles. The normalized spacial score (nSPS) is 12.9. The molecule has 2 rings (SSSR count). The molecule has 0 bridgehead atoms. The van der Waals surface area contributed by atoms with Crippen LogP contribution in [-0.2, 0) is 19.9 Å². The van der Waals surface area contributed by atoms with Crippen molar-refractivity contribution in [1.29, 1.82) is 0 Å². The molecule has 1 unspecified atom stereocenters. The van der Waals surface area contributed by atoms with Gasteiger partial charge in [0.15, 0.2) is 4.67 Å². The van der Waals surface area contributed by atoms with Crippen LogP contribution in [0.1, 0.15) is 30.1 Å². The number of hydrazine groups is 1. The highest BCUT2D eigenvalue weighted by Crippen LogP contribution is 2.28. The Morgan fingerprint density at radius 2 is 2.21 bits per heavy atom. The van der Waals surface area contributed by atoms with Crippen LogP contribution in [0, 0.1) is 0 Å². The van der Waals surface area contributed by atoms with Crippen molar-refractivity contribution in [2.75, 3.05) is 0 Å². The van der Waals surface area contributed by atoms with Crippen LogP contribution < -0.4 is 11.3 Å². The molecule has 0 saturated carbocycles. The second-order valence-electron chi connectivity index (χ2n) is 4.25. The summed E-state index contributed by atoms with van der Waals surface area (Å²) >= 11 is 6.90. The van der Waals surface area contributed by atoms with Crippen molar-refractivity contribution < 1.29 is 4.42 Å². The first-order chi connectivity index (χ1) is 9.06. The van der Waals surface area contributed by atoms with E-state index >= 15 is 0 Å². The number of furan rings is 1. The van der Waals surface area contributed by atoms with Gasteiger partial charge in [-0.15, -0.1) is 0 Å². The zero-order valence-electron chi connectivity index (χ0n) is 10.8. The summed E-state index contributed by atoms with van der Waals surface area (Å²) in [6.07, 6.45) is 1.59. The quantitative estimate of drug-likeness (QED) is 0.607. The van der Waals surface area contributed by atoms with Crippen molar-refractivity contribution in [3.63, 3.8) is 0 Å². The fourth-order valence-electron chi connectivity index (χ4n) is 1.99. The molecule has 104 valence electrons. The smallest absolute Gasteiger partial charge is 0.169 e. The van der Waals surface area contributed by atoms with Crippen molar-refractivity contribution in [3.05, 3.63) is 38.4 Å². The summed E-state index contributed by atoms with van der Waals surface area (Å²) < 4.78 is 9.17. The fourth-order valence-corrected chi connectivity index (χ4v) is 3.09. The maximum absolute atomic E-state index is 5.63. The molecule has 0 radical (unpaired) electrons. The fraction of sp³-hybridized carbons (Fsp3) is 0.417. The van der Waals surface area contributed by atoms with Crippen molar-refractivity contribution >= 4 is 31.9 Å². The minimum atomic E-state index is -0.0947. The van der Waals surface area contributed by atoms with Gasteiger partial charge >= 0.3 is 0 Å². The molecule has 7 heteroatoms. The summed E-state index contributed by atoms with van der Waals surface area (Å²) in [7, 11) is 1.94. The standard InChI is InChI=1S/C12H16Br2N4O/c1-3-7-12(14)9(18(2)17-7)6-8(16-15)10-4-5-11(13)19-10/h4-5,8,16H,3,6,15H2,1-2H3. The van der Waals surface area contributed by atoms with Gasteiger partial charge in [-0.1, -0.05) is 6.92 Å². The molecule has 2 aromatic heterocycles. The molecule has 19 heavy (non-hydrogen) atoms. The molecule has 3 N–H and O–H groups in total. The van der Waals surface area contributed by atoms with Gasteiger partial charge in [-0.05, 0) is 50.4 Å². The predicted molar refractivity (Wildman–Crippen MR) is 80.5 cm³/mol. The van der Waals surface area contributed by atoms with E-state index in [0.29, 0.717) is 11.1 Å². The highest BCUT2D eigenvalue weighted by Gasteiger charge is 2.20. The van der Waals surface area contributed by atoms with Crippen LogP contribution in [0.2, 0.25) is 0 Å². The summed E-state index contributed by atoms with van der Waals surface area (Å²) in [5.41, 5.74) is 4.93. The maximum atomic E-state index is 5.63. The lowest BCUT2D eigenvalue weighted by atomic mass is 10.1. The van der Waals surface area contributed by atoms with Gasteiger partial charge in [-0.3, -0.25) is 10.5 Å². The highest BCUT2D eigenvalue weighted by molar-refractivity contribution is 9.10. The lowest BCUT2D eigenvalue weighted by molar-refractivity contribution is 0.399. The Hall–Kier alpha value is -0.630. The third-order valence-corrected chi connectivity index (χ3v) is 4.38. The van der Waals surface area contributed by atoms with Crippen LogP contribution >= 0.6 is 31.9 Å². The maximum Gasteiger partial charge on any atom is 0.169 e. The van der Waals surface area contributed by atoms with E-state index < -0.39 is 0 Å². The van der Waals surface area contributed by atoms with Crippen LogP contribution in [0.3, 0.4) is 0 Å². The lowest BCUT2D eigenvalue weighted by Crippen LogP contribution is -2.29. The molecule has 5 nitrogen and oxygen atoms in total. The molecular formula is C12H16Br2N4O. The molecule has 0 fully saturated rings. The molecule has 0 aliphatic heterocycles. The summed E-state index contributed by atoms with van der Waals surface area (Å²) in [6, 6.07) is 3.66. The summed E-state index contributed by atoms with van der Waals surface area (Å²) in [4.78, 5) is 0. The Bertz CT molecular complexity index is 564. The first-order valence-corrected chi connectivity index (χ1v) is 7.57. The Kier molecular flexibility index (Phi) is 4.83. The SMILES string of the molecule is CCc1nn(C)c(CC(NN)c2ccc(Br)o2)c1Br. The zero-order chi connectivity index (χ0) is 14.0. The van der Waals surface area contributed by atoms with E-state index in [1.165, 1.54) is 0 Å². The minimum Gasteiger partial charge on any atom is -0.453 e. The molecule has 0 amide bonds. The number of hydrogen-bond acceptors (Lipinski definition) is 4. The highest BCUT2D eigenvalue weighted by atomic mass is 79.9. The van der Waals surface area contributed by atoms with Crippen LogP contribution in [0.15, 0.2) is 25.7 Å². The molecule has 0 saturated heterocycles. The monoisotopic (exact) mass is 390 g/mol.